The van der Waals surface area contributed by atoms with Crippen molar-refractivity contribution in [1.82, 2.24) is 10.6 Å². The van der Waals surface area contributed by atoms with Gasteiger partial charge in [-0.05, 0) is 49.7 Å². The second kappa shape index (κ2) is 8.79. The monoisotopic (exact) mass is 398 g/mol. The molecule has 1 aliphatic rings. The molecule has 1 heterocycles. The first-order valence-corrected chi connectivity index (χ1v) is 9.90. The number of thioether (sulfide) groups is 1. The fraction of sp³-hybridized carbons (Fsp3) is 0.250. The Kier molecular flexibility index (Phi) is 6.20. The molecule has 2 aromatic rings. The van der Waals surface area contributed by atoms with Crippen molar-refractivity contribution in [3.63, 3.8) is 0 Å². The van der Waals surface area contributed by atoms with E-state index in [-0.39, 0.29) is 23.9 Å². The minimum atomic E-state index is -0.256. The smallest absolute Gasteiger partial charge is 0.319 e. The zero-order valence-electron chi connectivity index (χ0n) is 15.7. The second-order valence-electron chi connectivity index (χ2n) is 6.68. The zero-order valence-corrected chi connectivity index (χ0v) is 16.5. The first-order chi connectivity index (χ1) is 13.4. The standard InChI is InChI=1S/C20H22N4O3S/c1-12(2)22-20(27)23-15-6-3-13(4-7-15)10-21-19(26)14-5-8-17-16(9-14)24-18(25)11-28-17/h3-9,12H,10-11H2,1-2H3,(H,21,26)(H,24,25)(H2,22,23,27). The van der Waals surface area contributed by atoms with Crippen LogP contribution in [0.5, 0.6) is 0 Å². The number of nitrogens with one attached hydrogen (secondary N) is 4. The van der Waals surface area contributed by atoms with Crippen molar-refractivity contribution in [2.75, 3.05) is 16.4 Å². The second-order valence-corrected chi connectivity index (χ2v) is 7.70. The van der Waals surface area contributed by atoms with Crippen LogP contribution in [0.15, 0.2) is 47.4 Å². The van der Waals surface area contributed by atoms with Crippen LogP contribution in [0.3, 0.4) is 0 Å². The van der Waals surface area contributed by atoms with Gasteiger partial charge in [-0.2, -0.15) is 0 Å². The summed E-state index contributed by atoms with van der Waals surface area (Å²) in [5.74, 6) is 0.111. The van der Waals surface area contributed by atoms with Gasteiger partial charge in [0.05, 0.1) is 11.4 Å². The Bertz CT molecular complexity index is 897. The molecule has 4 N–H and O–H groups in total. The lowest BCUT2D eigenvalue weighted by atomic mass is 10.1. The Labute approximate surface area is 167 Å². The van der Waals surface area contributed by atoms with Crippen LogP contribution in [-0.4, -0.2) is 29.6 Å². The van der Waals surface area contributed by atoms with Gasteiger partial charge in [0, 0.05) is 28.7 Å². The predicted octanol–water partition coefficient (Wildman–Crippen LogP) is 3.19. The van der Waals surface area contributed by atoms with E-state index >= 15 is 0 Å². The molecule has 0 fully saturated rings. The summed E-state index contributed by atoms with van der Waals surface area (Å²) in [6, 6.07) is 12.3. The third-order valence-electron chi connectivity index (χ3n) is 3.96. The highest BCUT2D eigenvalue weighted by molar-refractivity contribution is 8.00. The Morgan fingerprint density at radius 3 is 2.61 bits per heavy atom. The third kappa shape index (κ3) is 5.26. The molecule has 1 aliphatic heterocycles. The maximum atomic E-state index is 12.4. The van der Waals surface area contributed by atoms with Crippen molar-refractivity contribution in [2.24, 2.45) is 0 Å². The zero-order chi connectivity index (χ0) is 20.1. The topological polar surface area (TPSA) is 99.3 Å². The van der Waals surface area contributed by atoms with Gasteiger partial charge in [-0.1, -0.05) is 12.1 Å². The van der Waals surface area contributed by atoms with Gasteiger partial charge in [0.25, 0.3) is 5.91 Å². The molecule has 0 unspecified atom stereocenters. The lowest BCUT2D eigenvalue weighted by Gasteiger charge is -2.17. The van der Waals surface area contributed by atoms with Gasteiger partial charge >= 0.3 is 6.03 Å². The largest absolute Gasteiger partial charge is 0.348 e. The highest BCUT2D eigenvalue weighted by atomic mass is 32.2. The molecule has 4 amide bonds. The quantitative estimate of drug-likeness (QED) is 0.622. The van der Waals surface area contributed by atoms with Crippen LogP contribution in [0.25, 0.3) is 0 Å². The maximum Gasteiger partial charge on any atom is 0.319 e. The maximum absolute atomic E-state index is 12.4. The Balaban J connectivity index is 1.55. The summed E-state index contributed by atoms with van der Waals surface area (Å²) in [4.78, 5) is 36.6. The van der Waals surface area contributed by atoms with Crippen molar-refractivity contribution in [3.8, 4) is 0 Å². The van der Waals surface area contributed by atoms with E-state index < -0.39 is 0 Å². The SMILES string of the molecule is CC(C)NC(=O)Nc1ccc(CNC(=O)c2ccc3c(c2)NC(=O)CS3)cc1. The van der Waals surface area contributed by atoms with E-state index in [9.17, 15) is 14.4 Å². The molecule has 7 nitrogen and oxygen atoms in total. The van der Waals surface area contributed by atoms with E-state index in [0.717, 1.165) is 10.5 Å². The lowest BCUT2D eigenvalue weighted by Crippen LogP contribution is -2.34. The summed E-state index contributed by atoms with van der Waals surface area (Å²) in [5.41, 5.74) is 2.75. The molecule has 0 aromatic heterocycles. The van der Waals surface area contributed by atoms with Crippen LogP contribution >= 0.6 is 11.8 Å². The molecule has 3 rings (SSSR count). The average Bonchev–Trinajstić information content (AvgIpc) is 2.66. The first-order valence-electron chi connectivity index (χ1n) is 8.92. The van der Waals surface area contributed by atoms with E-state index in [1.54, 1.807) is 24.3 Å². The molecule has 8 heteroatoms. The molecule has 2 aromatic carbocycles. The Morgan fingerprint density at radius 2 is 1.89 bits per heavy atom. The van der Waals surface area contributed by atoms with Crippen molar-refractivity contribution in [1.29, 1.82) is 0 Å². The molecule has 0 radical (unpaired) electrons. The van der Waals surface area contributed by atoms with Crippen molar-refractivity contribution < 1.29 is 14.4 Å². The van der Waals surface area contributed by atoms with Crippen LogP contribution in [0.1, 0.15) is 29.8 Å². The van der Waals surface area contributed by atoms with Gasteiger partial charge in [-0.15, -0.1) is 11.8 Å². The van der Waals surface area contributed by atoms with Crippen LogP contribution in [0.4, 0.5) is 16.2 Å². The summed E-state index contributed by atoms with van der Waals surface area (Å²) >= 11 is 1.46. The van der Waals surface area contributed by atoms with Crippen LogP contribution in [0.2, 0.25) is 0 Å². The number of carbonyl (C=O) groups is 3. The van der Waals surface area contributed by atoms with Gasteiger partial charge in [-0.25, -0.2) is 4.79 Å². The van der Waals surface area contributed by atoms with Crippen LogP contribution < -0.4 is 21.3 Å². The van der Waals surface area contributed by atoms with Gasteiger partial charge in [0.15, 0.2) is 0 Å². The van der Waals surface area contributed by atoms with Crippen molar-refractivity contribution in [2.45, 2.75) is 31.3 Å². The molecule has 28 heavy (non-hydrogen) atoms. The number of amides is 4. The van der Waals surface area contributed by atoms with E-state index in [1.807, 2.05) is 32.0 Å². The summed E-state index contributed by atoms with van der Waals surface area (Å²) < 4.78 is 0. The first kappa shape index (κ1) is 19.8. The molecule has 0 aliphatic carbocycles. The van der Waals surface area contributed by atoms with Crippen LogP contribution in [0, 0.1) is 0 Å². The summed E-state index contributed by atoms with van der Waals surface area (Å²) in [6.45, 7) is 4.14. The number of hydrogen-bond acceptors (Lipinski definition) is 4. The van der Waals surface area contributed by atoms with Gasteiger partial charge in [-0.3, -0.25) is 9.59 Å². The highest BCUT2D eigenvalue weighted by Gasteiger charge is 2.17. The number of fused-ring (bicyclic) bond motifs is 1. The van der Waals surface area contributed by atoms with E-state index in [4.69, 9.17) is 0 Å². The highest BCUT2D eigenvalue weighted by Crippen LogP contribution is 2.31. The number of hydrogen-bond donors (Lipinski definition) is 4. The van der Waals surface area contributed by atoms with Crippen LogP contribution in [-0.2, 0) is 11.3 Å². The predicted molar refractivity (Wildman–Crippen MR) is 111 cm³/mol. The van der Waals surface area contributed by atoms with Crippen molar-refractivity contribution in [3.05, 3.63) is 53.6 Å². The number of rotatable bonds is 5. The minimum Gasteiger partial charge on any atom is -0.348 e. The van der Waals surface area contributed by atoms with E-state index in [2.05, 4.69) is 21.3 Å². The van der Waals surface area contributed by atoms with E-state index in [0.29, 0.717) is 29.2 Å². The lowest BCUT2D eigenvalue weighted by molar-refractivity contribution is -0.113. The van der Waals surface area contributed by atoms with Crippen molar-refractivity contribution >= 4 is 41.0 Å². The summed E-state index contributed by atoms with van der Waals surface area (Å²) in [7, 11) is 0. The fourth-order valence-electron chi connectivity index (χ4n) is 2.64. The Hall–Kier alpha value is -3.00. The molecule has 0 saturated heterocycles. The minimum absolute atomic E-state index is 0.0602. The average molecular weight is 398 g/mol. The molecule has 146 valence electrons. The van der Waals surface area contributed by atoms with Gasteiger partial charge < -0.3 is 21.3 Å². The molecular weight excluding hydrogens is 376 g/mol. The molecular formula is C20H22N4O3S. The van der Waals surface area contributed by atoms with E-state index in [1.165, 1.54) is 11.8 Å². The number of urea groups is 1. The summed E-state index contributed by atoms with van der Waals surface area (Å²) in [5, 5.41) is 11.1. The Morgan fingerprint density at radius 1 is 1.14 bits per heavy atom. The number of anilines is 2. The van der Waals surface area contributed by atoms with Gasteiger partial charge in [0.1, 0.15) is 0 Å². The third-order valence-corrected chi connectivity index (χ3v) is 5.03. The number of carbonyl (C=O) groups excluding carboxylic acids is 3. The normalized spacial score (nSPS) is 12.8. The summed E-state index contributed by atoms with van der Waals surface area (Å²) in [6.07, 6.45) is 0. The molecule has 0 saturated carbocycles. The van der Waals surface area contributed by atoms with Gasteiger partial charge in [0.2, 0.25) is 5.91 Å². The number of benzene rings is 2. The molecule has 0 spiro atoms. The molecule has 0 atom stereocenters. The fourth-order valence-corrected chi connectivity index (χ4v) is 3.43. The molecule has 0 bridgehead atoms.